The Morgan fingerprint density at radius 3 is 2.81 bits per heavy atom. The number of aromatic nitrogens is 1. The number of hydrogen-bond donors (Lipinski definition) is 1. The lowest BCUT2D eigenvalue weighted by atomic mass is 9.98. The predicted octanol–water partition coefficient (Wildman–Crippen LogP) is 2.13. The molecular formula is C20H21N3O3S. The molecule has 140 valence electrons. The number of carbonyl (C=O) groups excluding carboxylic acids is 2. The Hall–Kier alpha value is -2.51. The molecule has 2 aromatic rings. The summed E-state index contributed by atoms with van der Waals surface area (Å²) in [7, 11) is 0. The fourth-order valence-electron chi connectivity index (χ4n) is 3.73. The molecule has 2 aromatic heterocycles. The first-order valence-corrected chi connectivity index (χ1v) is 9.96. The van der Waals surface area contributed by atoms with Gasteiger partial charge in [-0.25, -0.2) is 0 Å². The topological polar surface area (TPSA) is 73.7 Å². The quantitative estimate of drug-likeness (QED) is 0.801. The summed E-state index contributed by atoms with van der Waals surface area (Å²) in [6, 6.07) is 7.43. The van der Waals surface area contributed by atoms with Crippen molar-refractivity contribution in [3.63, 3.8) is 0 Å². The number of imide groups is 1. The Balaban J connectivity index is 1.70. The van der Waals surface area contributed by atoms with Gasteiger partial charge in [0.1, 0.15) is 5.70 Å². The molecule has 1 unspecified atom stereocenters. The highest BCUT2D eigenvalue weighted by molar-refractivity contribution is 7.11. The van der Waals surface area contributed by atoms with Crippen LogP contribution >= 0.6 is 11.3 Å². The number of pyridine rings is 1. The molecule has 0 spiro atoms. The molecule has 7 heteroatoms. The molecule has 1 fully saturated rings. The summed E-state index contributed by atoms with van der Waals surface area (Å²) in [6.45, 7) is 1.63. The van der Waals surface area contributed by atoms with Gasteiger partial charge in [0, 0.05) is 37.0 Å². The number of piperidine rings is 1. The van der Waals surface area contributed by atoms with E-state index >= 15 is 0 Å². The summed E-state index contributed by atoms with van der Waals surface area (Å²) >= 11 is 1.46. The summed E-state index contributed by atoms with van der Waals surface area (Å²) < 4.78 is 0. The number of likely N-dealkylation sites (tertiary alicyclic amines) is 1. The predicted molar refractivity (Wildman–Crippen MR) is 102 cm³/mol. The third-order valence-corrected chi connectivity index (χ3v) is 5.96. The average molecular weight is 383 g/mol. The highest BCUT2D eigenvalue weighted by Crippen LogP contribution is 2.36. The van der Waals surface area contributed by atoms with Crippen LogP contribution in [0, 0.1) is 5.92 Å². The van der Waals surface area contributed by atoms with Crippen molar-refractivity contribution in [2.75, 3.05) is 19.7 Å². The first-order valence-electron chi connectivity index (χ1n) is 9.08. The maximum atomic E-state index is 13.2. The third kappa shape index (κ3) is 3.40. The minimum Gasteiger partial charge on any atom is -0.396 e. The van der Waals surface area contributed by atoms with Gasteiger partial charge in [0.2, 0.25) is 0 Å². The van der Waals surface area contributed by atoms with Gasteiger partial charge >= 0.3 is 0 Å². The molecular weight excluding hydrogens is 362 g/mol. The van der Waals surface area contributed by atoms with Gasteiger partial charge in [-0.2, -0.15) is 0 Å². The number of amides is 2. The lowest BCUT2D eigenvalue weighted by Crippen LogP contribution is -2.40. The molecule has 1 saturated heterocycles. The monoisotopic (exact) mass is 383 g/mol. The van der Waals surface area contributed by atoms with E-state index in [0.717, 1.165) is 29.8 Å². The van der Waals surface area contributed by atoms with Crippen molar-refractivity contribution in [1.29, 1.82) is 0 Å². The standard InChI is InChI=1S/C20H21N3O3S/c24-13-15-5-2-8-22(11-15)18-17(16-6-3-9-27-16)19(25)23(20(18)26)12-14-4-1-7-21-10-14/h1,3-4,6-7,9-10,15,24H,2,5,8,11-13H2. The molecule has 1 atom stereocenters. The molecule has 2 aliphatic heterocycles. The molecule has 2 aliphatic rings. The number of aliphatic hydroxyl groups is 1. The average Bonchev–Trinajstić information content (AvgIpc) is 3.31. The van der Waals surface area contributed by atoms with E-state index in [0.29, 0.717) is 17.8 Å². The maximum Gasteiger partial charge on any atom is 0.278 e. The van der Waals surface area contributed by atoms with Crippen molar-refractivity contribution >= 4 is 28.7 Å². The second-order valence-corrected chi connectivity index (χ2v) is 7.84. The van der Waals surface area contributed by atoms with Crippen LogP contribution in [-0.4, -0.2) is 51.4 Å². The third-order valence-electron chi connectivity index (χ3n) is 5.07. The van der Waals surface area contributed by atoms with Crippen LogP contribution in [0.15, 0.2) is 47.7 Å². The van der Waals surface area contributed by atoms with Gasteiger partial charge in [-0.15, -0.1) is 11.3 Å². The van der Waals surface area contributed by atoms with Gasteiger partial charge in [-0.05, 0) is 41.8 Å². The molecule has 1 N–H and O–H groups in total. The SMILES string of the molecule is O=C1C(c2cccs2)=C(N2CCCC(CO)C2)C(=O)N1Cc1cccnc1. The molecule has 0 aliphatic carbocycles. The summed E-state index contributed by atoms with van der Waals surface area (Å²) in [5.74, 6) is -0.385. The van der Waals surface area contributed by atoms with Crippen LogP contribution in [-0.2, 0) is 16.1 Å². The van der Waals surface area contributed by atoms with Crippen LogP contribution in [0.25, 0.3) is 5.57 Å². The first-order chi connectivity index (χ1) is 13.2. The van der Waals surface area contributed by atoms with Crippen molar-refractivity contribution in [3.8, 4) is 0 Å². The number of hydrogen-bond acceptors (Lipinski definition) is 6. The van der Waals surface area contributed by atoms with Crippen LogP contribution in [0.3, 0.4) is 0 Å². The Kier molecular flexibility index (Phi) is 5.05. The van der Waals surface area contributed by atoms with Gasteiger partial charge < -0.3 is 10.0 Å². The van der Waals surface area contributed by atoms with E-state index in [9.17, 15) is 14.7 Å². The Bertz CT molecular complexity index is 864. The maximum absolute atomic E-state index is 13.2. The Morgan fingerprint density at radius 2 is 2.11 bits per heavy atom. The minimum atomic E-state index is -0.258. The van der Waals surface area contributed by atoms with E-state index in [4.69, 9.17) is 0 Å². The second-order valence-electron chi connectivity index (χ2n) is 6.90. The van der Waals surface area contributed by atoms with E-state index in [-0.39, 0.29) is 30.9 Å². The molecule has 27 heavy (non-hydrogen) atoms. The lowest BCUT2D eigenvalue weighted by molar-refractivity contribution is -0.138. The summed E-state index contributed by atoms with van der Waals surface area (Å²) in [5, 5.41) is 11.5. The zero-order chi connectivity index (χ0) is 18.8. The van der Waals surface area contributed by atoms with E-state index in [2.05, 4.69) is 4.98 Å². The van der Waals surface area contributed by atoms with Crippen molar-refractivity contribution < 1.29 is 14.7 Å². The van der Waals surface area contributed by atoms with E-state index in [1.807, 2.05) is 28.5 Å². The molecule has 0 saturated carbocycles. The van der Waals surface area contributed by atoms with Gasteiger partial charge in [0.25, 0.3) is 11.8 Å². The van der Waals surface area contributed by atoms with Crippen LogP contribution in [0.1, 0.15) is 23.3 Å². The van der Waals surface area contributed by atoms with Gasteiger partial charge in [-0.3, -0.25) is 19.5 Å². The van der Waals surface area contributed by atoms with E-state index < -0.39 is 0 Å². The van der Waals surface area contributed by atoms with Crippen LogP contribution in [0.4, 0.5) is 0 Å². The van der Waals surface area contributed by atoms with E-state index in [1.165, 1.54) is 16.2 Å². The van der Waals surface area contributed by atoms with Crippen molar-refractivity contribution in [3.05, 3.63) is 58.2 Å². The summed E-state index contributed by atoms with van der Waals surface area (Å²) in [4.78, 5) is 34.6. The molecule has 0 radical (unpaired) electrons. The first kappa shape index (κ1) is 17.9. The zero-order valence-corrected chi connectivity index (χ0v) is 15.7. The van der Waals surface area contributed by atoms with Crippen LogP contribution in [0.2, 0.25) is 0 Å². The normalized spacial score (nSPS) is 20.7. The highest BCUT2D eigenvalue weighted by Gasteiger charge is 2.42. The van der Waals surface area contributed by atoms with Crippen molar-refractivity contribution in [1.82, 2.24) is 14.8 Å². The van der Waals surface area contributed by atoms with Crippen molar-refractivity contribution in [2.24, 2.45) is 5.92 Å². The molecule has 2 amide bonds. The minimum absolute atomic E-state index is 0.0969. The number of carbonyl (C=O) groups is 2. The fraction of sp³-hybridized carbons (Fsp3) is 0.350. The van der Waals surface area contributed by atoms with Crippen LogP contribution in [0.5, 0.6) is 0 Å². The molecule has 6 nitrogen and oxygen atoms in total. The van der Waals surface area contributed by atoms with Gasteiger partial charge in [0.05, 0.1) is 12.1 Å². The number of aliphatic hydroxyl groups excluding tert-OH is 1. The molecule has 0 aromatic carbocycles. The zero-order valence-electron chi connectivity index (χ0n) is 14.9. The van der Waals surface area contributed by atoms with Gasteiger partial charge in [0.15, 0.2) is 0 Å². The Labute approximate surface area is 161 Å². The van der Waals surface area contributed by atoms with Crippen molar-refractivity contribution in [2.45, 2.75) is 19.4 Å². The van der Waals surface area contributed by atoms with Gasteiger partial charge in [-0.1, -0.05) is 12.1 Å². The molecule has 4 rings (SSSR count). The number of nitrogens with zero attached hydrogens (tertiary/aromatic N) is 3. The van der Waals surface area contributed by atoms with E-state index in [1.54, 1.807) is 18.5 Å². The number of thiophene rings is 1. The smallest absolute Gasteiger partial charge is 0.278 e. The molecule has 0 bridgehead atoms. The lowest BCUT2D eigenvalue weighted by Gasteiger charge is -2.34. The highest BCUT2D eigenvalue weighted by atomic mass is 32.1. The summed E-state index contributed by atoms with van der Waals surface area (Å²) in [5.41, 5.74) is 1.78. The van der Waals surface area contributed by atoms with Crippen LogP contribution < -0.4 is 0 Å². The Morgan fingerprint density at radius 1 is 1.22 bits per heavy atom. The second kappa shape index (κ2) is 7.62. The molecule has 4 heterocycles. The fourth-order valence-corrected chi connectivity index (χ4v) is 4.50. The summed E-state index contributed by atoms with van der Waals surface area (Å²) in [6.07, 6.45) is 5.18. The number of rotatable bonds is 5. The largest absolute Gasteiger partial charge is 0.396 e.